The van der Waals surface area contributed by atoms with Crippen molar-refractivity contribution in [3.63, 3.8) is 0 Å². The zero-order chi connectivity index (χ0) is 12.0. The van der Waals surface area contributed by atoms with Gasteiger partial charge in [0.2, 0.25) is 0 Å². The van der Waals surface area contributed by atoms with Crippen LogP contribution in [0.2, 0.25) is 5.15 Å². The van der Waals surface area contributed by atoms with Crippen molar-refractivity contribution in [2.24, 2.45) is 5.92 Å². The summed E-state index contributed by atoms with van der Waals surface area (Å²) >= 11 is 6.09. The summed E-state index contributed by atoms with van der Waals surface area (Å²) in [7, 11) is 0. The molecule has 1 aliphatic carbocycles. The summed E-state index contributed by atoms with van der Waals surface area (Å²) in [6, 6.07) is 0.509. The lowest BCUT2D eigenvalue weighted by molar-refractivity contribution is 0.308. The van der Waals surface area contributed by atoms with E-state index in [2.05, 4.69) is 27.3 Å². The minimum atomic E-state index is 0.486. The summed E-state index contributed by atoms with van der Waals surface area (Å²) in [6.07, 6.45) is 3.87. The van der Waals surface area contributed by atoms with Crippen molar-refractivity contribution in [1.29, 1.82) is 0 Å². The van der Waals surface area contributed by atoms with E-state index in [4.69, 9.17) is 11.6 Å². The van der Waals surface area contributed by atoms with Gasteiger partial charge in [-0.15, -0.1) is 0 Å². The van der Waals surface area contributed by atoms with Gasteiger partial charge in [0.25, 0.3) is 5.78 Å². The van der Waals surface area contributed by atoms with Gasteiger partial charge < -0.3 is 5.32 Å². The fraction of sp³-hybridized carbons (Fsp3) is 0.545. The Morgan fingerprint density at radius 1 is 1.47 bits per heavy atom. The van der Waals surface area contributed by atoms with Crippen molar-refractivity contribution in [2.75, 3.05) is 5.32 Å². The average molecular weight is 252 g/mol. The van der Waals surface area contributed by atoms with Gasteiger partial charge in [0.15, 0.2) is 0 Å². The van der Waals surface area contributed by atoms with Gasteiger partial charge in [-0.25, -0.2) is 0 Å². The number of aromatic nitrogens is 4. The molecule has 2 aromatic rings. The molecule has 5 nitrogen and oxygen atoms in total. The summed E-state index contributed by atoms with van der Waals surface area (Å²) in [6.45, 7) is 4.20. The smallest absolute Gasteiger partial charge is 0.255 e. The summed E-state index contributed by atoms with van der Waals surface area (Å²) in [5.41, 5.74) is 0.921. The molecule has 1 saturated carbocycles. The molecule has 0 atom stereocenters. The first-order valence-corrected chi connectivity index (χ1v) is 6.15. The second-order valence-corrected chi connectivity index (χ2v) is 5.12. The van der Waals surface area contributed by atoms with E-state index in [1.54, 1.807) is 4.52 Å². The summed E-state index contributed by atoms with van der Waals surface area (Å²) < 4.78 is 1.71. The van der Waals surface area contributed by atoms with Crippen LogP contribution >= 0.6 is 11.6 Å². The molecule has 0 radical (unpaired) electrons. The molecule has 17 heavy (non-hydrogen) atoms. The molecule has 90 valence electrons. The lowest BCUT2D eigenvalue weighted by Gasteiger charge is -2.34. The molecule has 0 unspecified atom stereocenters. The van der Waals surface area contributed by atoms with Crippen LogP contribution in [0.15, 0.2) is 6.33 Å². The highest BCUT2D eigenvalue weighted by Crippen LogP contribution is 2.31. The maximum Gasteiger partial charge on any atom is 0.255 e. The molecule has 0 saturated heterocycles. The fourth-order valence-electron chi connectivity index (χ4n) is 2.28. The Bertz CT molecular complexity index is 558. The molecule has 2 aromatic heterocycles. The average Bonchev–Trinajstić information content (AvgIpc) is 2.69. The van der Waals surface area contributed by atoms with Gasteiger partial charge in [-0.2, -0.15) is 19.6 Å². The number of fused-ring (bicyclic) bond motifs is 1. The van der Waals surface area contributed by atoms with E-state index in [0.29, 0.717) is 17.0 Å². The van der Waals surface area contributed by atoms with Gasteiger partial charge in [0.05, 0.1) is 0 Å². The number of hydrogen-bond donors (Lipinski definition) is 1. The van der Waals surface area contributed by atoms with Crippen LogP contribution in [0.25, 0.3) is 5.78 Å². The van der Waals surface area contributed by atoms with E-state index >= 15 is 0 Å². The van der Waals surface area contributed by atoms with Crippen molar-refractivity contribution >= 4 is 23.2 Å². The summed E-state index contributed by atoms with van der Waals surface area (Å²) in [5, 5.41) is 8.14. The zero-order valence-corrected chi connectivity index (χ0v) is 10.6. The standard InChI is InChI=1S/C11H14ClN5/c1-6-3-8(4-6)15-10-7(2)9(12)16-11-13-5-14-17(10)11/h5-6,8,15H,3-4H2,1-2H3. The Balaban J connectivity index is 2.01. The van der Waals surface area contributed by atoms with Crippen molar-refractivity contribution in [3.05, 3.63) is 17.0 Å². The number of hydrogen-bond acceptors (Lipinski definition) is 4. The molecule has 3 rings (SSSR count). The molecule has 2 heterocycles. The van der Waals surface area contributed by atoms with Crippen LogP contribution in [0.1, 0.15) is 25.3 Å². The van der Waals surface area contributed by atoms with Gasteiger partial charge in [-0.1, -0.05) is 18.5 Å². The van der Waals surface area contributed by atoms with E-state index in [-0.39, 0.29) is 0 Å². The SMILES string of the molecule is Cc1c(Cl)nc2ncnn2c1NC1CC(C)C1. The number of nitrogens with one attached hydrogen (secondary N) is 1. The molecule has 0 bridgehead atoms. The predicted molar refractivity (Wildman–Crippen MR) is 66.3 cm³/mol. The quantitative estimate of drug-likeness (QED) is 0.832. The summed E-state index contributed by atoms with van der Waals surface area (Å²) in [5.74, 6) is 2.25. The van der Waals surface area contributed by atoms with Crippen molar-refractivity contribution < 1.29 is 0 Å². The van der Waals surface area contributed by atoms with Gasteiger partial charge in [0, 0.05) is 11.6 Å². The van der Waals surface area contributed by atoms with E-state index in [9.17, 15) is 0 Å². The highest BCUT2D eigenvalue weighted by atomic mass is 35.5. The molecule has 1 N–H and O–H groups in total. The first kappa shape index (κ1) is 10.8. The Morgan fingerprint density at radius 3 is 2.94 bits per heavy atom. The maximum atomic E-state index is 6.09. The monoisotopic (exact) mass is 251 g/mol. The molecule has 0 amide bonds. The third kappa shape index (κ3) is 1.74. The molecule has 0 aromatic carbocycles. The molecule has 1 aliphatic rings. The second kappa shape index (κ2) is 3.84. The molecular weight excluding hydrogens is 238 g/mol. The predicted octanol–water partition coefficient (Wildman–Crippen LogP) is 2.30. The van der Waals surface area contributed by atoms with Gasteiger partial charge >= 0.3 is 0 Å². The lowest BCUT2D eigenvalue weighted by atomic mass is 9.82. The Kier molecular flexibility index (Phi) is 2.43. The van der Waals surface area contributed by atoms with Crippen LogP contribution in [0, 0.1) is 12.8 Å². The van der Waals surface area contributed by atoms with Gasteiger partial charge in [0.1, 0.15) is 17.3 Å². The number of nitrogens with zero attached hydrogens (tertiary/aromatic N) is 4. The van der Waals surface area contributed by atoms with Crippen LogP contribution in [-0.2, 0) is 0 Å². The number of anilines is 1. The molecule has 0 spiro atoms. The topological polar surface area (TPSA) is 55.1 Å². The van der Waals surface area contributed by atoms with E-state index in [0.717, 1.165) is 17.3 Å². The van der Waals surface area contributed by atoms with Crippen LogP contribution in [-0.4, -0.2) is 25.6 Å². The number of rotatable bonds is 2. The molecular formula is C11H14ClN5. The number of halogens is 1. The van der Waals surface area contributed by atoms with Crippen molar-refractivity contribution in [1.82, 2.24) is 19.6 Å². The van der Waals surface area contributed by atoms with Crippen LogP contribution in [0.3, 0.4) is 0 Å². The highest BCUT2D eigenvalue weighted by molar-refractivity contribution is 6.30. The minimum absolute atomic E-state index is 0.486. The van der Waals surface area contributed by atoms with Crippen LogP contribution < -0.4 is 5.32 Å². The van der Waals surface area contributed by atoms with Gasteiger partial charge in [-0.3, -0.25) is 0 Å². The third-order valence-corrected chi connectivity index (χ3v) is 3.69. The fourth-order valence-corrected chi connectivity index (χ4v) is 2.45. The van der Waals surface area contributed by atoms with Crippen molar-refractivity contribution in [3.8, 4) is 0 Å². The zero-order valence-electron chi connectivity index (χ0n) is 9.81. The molecule has 6 heteroatoms. The Labute approximate surface area is 104 Å². The minimum Gasteiger partial charge on any atom is -0.367 e. The first-order chi connectivity index (χ1) is 8.15. The van der Waals surface area contributed by atoms with Gasteiger partial charge in [-0.05, 0) is 25.7 Å². The lowest BCUT2D eigenvalue weighted by Crippen LogP contribution is -2.34. The normalized spacial score (nSPS) is 23.7. The van der Waals surface area contributed by atoms with E-state index in [1.807, 2.05) is 6.92 Å². The Morgan fingerprint density at radius 2 is 2.24 bits per heavy atom. The van der Waals surface area contributed by atoms with E-state index in [1.165, 1.54) is 19.2 Å². The molecule has 0 aliphatic heterocycles. The van der Waals surface area contributed by atoms with Crippen LogP contribution in [0.5, 0.6) is 0 Å². The van der Waals surface area contributed by atoms with E-state index < -0.39 is 0 Å². The first-order valence-electron chi connectivity index (χ1n) is 5.77. The largest absolute Gasteiger partial charge is 0.367 e. The van der Waals surface area contributed by atoms with Crippen LogP contribution in [0.4, 0.5) is 5.82 Å². The molecule has 1 fully saturated rings. The Hall–Kier alpha value is -1.36. The van der Waals surface area contributed by atoms with Crippen molar-refractivity contribution in [2.45, 2.75) is 32.7 Å². The third-order valence-electron chi connectivity index (χ3n) is 3.32. The second-order valence-electron chi connectivity index (χ2n) is 4.77. The summed E-state index contributed by atoms with van der Waals surface area (Å²) in [4.78, 5) is 8.24. The highest BCUT2D eigenvalue weighted by Gasteiger charge is 2.26. The maximum absolute atomic E-state index is 6.09.